The number of aromatic nitrogens is 2. The molecule has 0 aromatic carbocycles. The molecule has 0 aliphatic carbocycles. The van der Waals surface area contributed by atoms with Crippen LogP contribution in [0.15, 0.2) is 17.8 Å². The van der Waals surface area contributed by atoms with E-state index in [0.717, 1.165) is 48.3 Å². The van der Waals surface area contributed by atoms with Crippen LogP contribution in [0, 0.1) is 0 Å². The highest BCUT2D eigenvalue weighted by atomic mass is 35.5. The number of piperidine rings is 1. The first kappa shape index (κ1) is 17.9. The Bertz CT molecular complexity index is 787. The maximum Gasteiger partial charge on any atom is 0.242 e. The summed E-state index contributed by atoms with van der Waals surface area (Å²) in [6, 6.07) is 3.46. The van der Waals surface area contributed by atoms with Crippen LogP contribution >= 0.6 is 23.7 Å². The molecule has 6 nitrogen and oxygen atoms in total. The number of thiophene rings is 1. The molecule has 3 fully saturated rings. The number of hydrogen-bond donors (Lipinski definition) is 2. The molecule has 8 heteroatoms. The van der Waals surface area contributed by atoms with E-state index in [-0.39, 0.29) is 24.4 Å². The molecule has 5 rings (SSSR count). The van der Waals surface area contributed by atoms with Gasteiger partial charge >= 0.3 is 0 Å². The van der Waals surface area contributed by atoms with Gasteiger partial charge < -0.3 is 15.5 Å². The third-order valence-electron chi connectivity index (χ3n) is 5.89. The Labute approximate surface area is 163 Å². The Kier molecular flexibility index (Phi) is 5.03. The molecule has 0 saturated carbocycles. The van der Waals surface area contributed by atoms with Gasteiger partial charge in [-0.25, -0.2) is 9.97 Å². The summed E-state index contributed by atoms with van der Waals surface area (Å²) in [6.07, 6.45) is 8.19. The molecular formula is C18H24ClN5OS. The molecule has 0 radical (unpaired) electrons. The molecule has 3 atom stereocenters. The smallest absolute Gasteiger partial charge is 0.242 e. The molecular weight excluding hydrogens is 370 g/mol. The van der Waals surface area contributed by atoms with Crippen LogP contribution < -0.4 is 15.5 Å². The lowest BCUT2D eigenvalue weighted by Gasteiger charge is -2.32. The van der Waals surface area contributed by atoms with Crippen molar-refractivity contribution in [2.45, 2.75) is 62.7 Å². The normalized spacial score (nSPS) is 30.4. The first-order chi connectivity index (χ1) is 12.3. The Hall–Kier alpha value is -1.44. The van der Waals surface area contributed by atoms with E-state index >= 15 is 0 Å². The molecule has 3 unspecified atom stereocenters. The second-order valence-corrected chi connectivity index (χ2v) is 8.40. The van der Waals surface area contributed by atoms with Gasteiger partial charge in [0.1, 0.15) is 23.0 Å². The third kappa shape index (κ3) is 3.17. The summed E-state index contributed by atoms with van der Waals surface area (Å²) in [5.41, 5.74) is 0. The number of hydrogen-bond acceptors (Lipinski definition) is 6. The van der Waals surface area contributed by atoms with Crippen LogP contribution in [0.3, 0.4) is 0 Å². The van der Waals surface area contributed by atoms with Crippen molar-refractivity contribution in [1.29, 1.82) is 0 Å². The molecule has 0 spiro atoms. The maximum absolute atomic E-state index is 13.0. The molecule has 1 amide bonds. The fourth-order valence-corrected chi connectivity index (χ4v) is 5.50. The summed E-state index contributed by atoms with van der Waals surface area (Å²) in [5, 5.41) is 10.1. The molecule has 3 aliphatic rings. The number of carbonyl (C=O) groups excluding carboxylic acids is 1. The first-order valence-corrected chi connectivity index (χ1v) is 10.2. The van der Waals surface area contributed by atoms with Crippen LogP contribution in [-0.2, 0) is 4.79 Å². The molecule has 2 aromatic heterocycles. The number of rotatable bonds is 3. The van der Waals surface area contributed by atoms with Crippen molar-refractivity contribution in [3.63, 3.8) is 0 Å². The predicted molar refractivity (Wildman–Crippen MR) is 106 cm³/mol. The van der Waals surface area contributed by atoms with E-state index in [1.54, 1.807) is 17.7 Å². The quantitative estimate of drug-likeness (QED) is 0.838. The Morgan fingerprint density at radius 2 is 2.04 bits per heavy atom. The van der Waals surface area contributed by atoms with Gasteiger partial charge in [-0.2, -0.15) is 0 Å². The Morgan fingerprint density at radius 3 is 2.85 bits per heavy atom. The molecule has 5 heterocycles. The van der Waals surface area contributed by atoms with Crippen molar-refractivity contribution >= 4 is 45.7 Å². The van der Waals surface area contributed by atoms with Gasteiger partial charge in [0, 0.05) is 24.7 Å². The van der Waals surface area contributed by atoms with Gasteiger partial charge in [0.05, 0.1) is 5.39 Å². The van der Waals surface area contributed by atoms with E-state index in [0.29, 0.717) is 18.1 Å². The van der Waals surface area contributed by atoms with Crippen molar-refractivity contribution in [3.05, 3.63) is 17.8 Å². The van der Waals surface area contributed by atoms with E-state index in [1.807, 2.05) is 5.38 Å². The summed E-state index contributed by atoms with van der Waals surface area (Å²) >= 11 is 1.62. The van der Waals surface area contributed by atoms with Gasteiger partial charge in [-0.05, 0) is 50.0 Å². The Balaban J connectivity index is 0.00000168. The standard InChI is InChI=1S/C18H23N5OS.ClH/c24-17(22-13-8-11-3-4-12(9-13)21-11)15-2-1-6-23(15)16-14-5-7-25-18(14)20-10-19-16;/h5,7,10-13,15,21H,1-4,6,8-9H2,(H,22,24);1H. The van der Waals surface area contributed by atoms with Gasteiger partial charge in [0.15, 0.2) is 0 Å². The monoisotopic (exact) mass is 393 g/mol. The zero-order valence-electron chi connectivity index (χ0n) is 14.6. The fourth-order valence-electron chi connectivity index (χ4n) is 4.77. The zero-order valence-corrected chi connectivity index (χ0v) is 16.2. The molecule has 140 valence electrons. The second-order valence-electron chi connectivity index (χ2n) is 7.50. The first-order valence-electron chi connectivity index (χ1n) is 9.29. The van der Waals surface area contributed by atoms with Gasteiger partial charge in [-0.15, -0.1) is 23.7 Å². The molecule has 2 N–H and O–H groups in total. The third-order valence-corrected chi connectivity index (χ3v) is 6.71. The Morgan fingerprint density at radius 1 is 1.23 bits per heavy atom. The van der Waals surface area contributed by atoms with Crippen molar-refractivity contribution < 1.29 is 4.79 Å². The van der Waals surface area contributed by atoms with Gasteiger partial charge in [-0.3, -0.25) is 4.79 Å². The largest absolute Gasteiger partial charge is 0.351 e. The summed E-state index contributed by atoms with van der Waals surface area (Å²) < 4.78 is 0. The van der Waals surface area contributed by atoms with Crippen LogP contribution in [-0.4, -0.2) is 46.6 Å². The second kappa shape index (κ2) is 7.29. The predicted octanol–water partition coefficient (Wildman–Crippen LogP) is 2.48. The van der Waals surface area contributed by atoms with Gasteiger partial charge in [-0.1, -0.05) is 0 Å². The number of nitrogens with one attached hydrogen (secondary N) is 2. The van der Waals surface area contributed by atoms with E-state index in [1.165, 1.54) is 12.8 Å². The SMILES string of the molecule is Cl.O=C(NC1CC2CCC(C1)N2)C1CCCN1c1ncnc2sccc12. The topological polar surface area (TPSA) is 70.2 Å². The number of anilines is 1. The van der Waals surface area contributed by atoms with Crippen LogP contribution in [0.1, 0.15) is 38.5 Å². The highest BCUT2D eigenvalue weighted by Gasteiger charge is 2.37. The minimum Gasteiger partial charge on any atom is -0.351 e. The van der Waals surface area contributed by atoms with E-state index in [9.17, 15) is 4.79 Å². The fraction of sp³-hybridized carbons (Fsp3) is 0.611. The van der Waals surface area contributed by atoms with Crippen molar-refractivity contribution in [2.24, 2.45) is 0 Å². The van der Waals surface area contributed by atoms with Crippen molar-refractivity contribution in [1.82, 2.24) is 20.6 Å². The number of amides is 1. The molecule has 2 bridgehead atoms. The van der Waals surface area contributed by atoms with E-state index in [4.69, 9.17) is 0 Å². The van der Waals surface area contributed by atoms with Crippen LogP contribution in [0.25, 0.3) is 10.2 Å². The maximum atomic E-state index is 13.0. The van der Waals surface area contributed by atoms with Gasteiger partial charge in [0.2, 0.25) is 5.91 Å². The number of carbonyl (C=O) groups is 1. The number of fused-ring (bicyclic) bond motifs is 3. The van der Waals surface area contributed by atoms with Crippen LogP contribution in [0.4, 0.5) is 5.82 Å². The van der Waals surface area contributed by atoms with Crippen LogP contribution in [0.5, 0.6) is 0 Å². The van der Waals surface area contributed by atoms with Crippen molar-refractivity contribution in [2.75, 3.05) is 11.4 Å². The average Bonchev–Trinajstić information content (AvgIpc) is 3.33. The van der Waals surface area contributed by atoms with Crippen LogP contribution in [0.2, 0.25) is 0 Å². The summed E-state index contributed by atoms with van der Waals surface area (Å²) in [5.74, 6) is 1.08. The summed E-state index contributed by atoms with van der Waals surface area (Å²) in [4.78, 5) is 25.0. The van der Waals surface area contributed by atoms with Crippen molar-refractivity contribution in [3.8, 4) is 0 Å². The zero-order chi connectivity index (χ0) is 16.8. The lowest BCUT2D eigenvalue weighted by atomic mass is 9.99. The van der Waals surface area contributed by atoms with Gasteiger partial charge in [0.25, 0.3) is 0 Å². The molecule has 3 saturated heterocycles. The highest BCUT2D eigenvalue weighted by molar-refractivity contribution is 7.16. The molecule has 26 heavy (non-hydrogen) atoms. The highest BCUT2D eigenvalue weighted by Crippen LogP contribution is 2.32. The number of halogens is 1. The lowest BCUT2D eigenvalue weighted by molar-refractivity contribution is -0.123. The molecule has 2 aromatic rings. The average molecular weight is 394 g/mol. The molecule has 3 aliphatic heterocycles. The summed E-state index contributed by atoms with van der Waals surface area (Å²) in [7, 11) is 0. The number of nitrogens with zero attached hydrogens (tertiary/aromatic N) is 3. The van der Waals surface area contributed by atoms with E-state index < -0.39 is 0 Å². The van der Waals surface area contributed by atoms with E-state index in [2.05, 4.69) is 31.6 Å². The minimum absolute atomic E-state index is 0. The lowest BCUT2D eigenvalue weighted by Crippen LogP contribution is -2.52. The summed E-state index contributed by atoms with van der Waals surface area (Å²) in [6.45, 7) is 0.886. The minimum atomic E-state index is -0.106.